The molecule has 0 radical (unpaired) electrons. The third kappa shape index (κ3) is 37.9. The molecular formula is C47H86N2O12S. The molecule has 14 nitrogen and oxygen atoms in total. The molecule has 3 N–H and O–H groups in total. The first-order valence-corrected chi connectivity index (χ1v) is 24.4. The summed E-state index contributed by atoms with van der Waals surface area (Å²) >= 11 is 1.97. The van der Waals surface area contributed by atoms with Crippen molar-refractivity contribution >= 4 is 47.1 Å². The van der Waals surface area contributed by atoms with Gasteiger partial charge in [0.15, 0.2) is 0 Å². The average Bonchev–Trinajstić information content (AvgIpc) is 3.17. The fraction of sp³-hybridized carbons (Fsp3) is 0.872. The molecule has 0 spiro atoms. The summed E-state index contributed by atoms with van der Waals surface area (Å²) in [5.41, 5.74) is -0.526. The Labute approximate surface area is 378 Å². The van der Waals surface area contributed by atoms with Crippen molar-refractivity contribution in [3.8, 4) is 0 Å². The number of amides is 2. The molecule has 0 fully saturated rings. The number of aliphatic carboxylic acids is 1. The van der Waals surface area contributed by atoms with Gasteiger partial charge >= 0.3 is 11.9 Å². The SMILES string of the molecule is CC(C)C(CC(=O)CCCCCCCSCCCCCC(=O)CC(CCC(=O)NCCCOCCOCCOCCCNC(=O)COCC(=O)O)C(=O)OC(C)(C)C)C(C)(C)C. The van der Waals surface area contributed by atoms with E-state index in [9.17, 15) is 28.8 Å². The lowest BCUT2D eigenvalue weighted by molar-refractivity contribution is -0.161. The van der Waals surface area contributed by atoms with E-state index >= 15 is 0 Å². The number of hydrogen-bond donors (Lipinski definition) is 3. The van der Waals surface area contributed by atoms with Gasteiger partial charge in [0, 0.05) is 58.4 Å². The van der Waals surface area contributed by atoms with Crippen LogP contribution in [0.25, 0.3) is 0 Å². The average molecular weight is 903 g/mol. The zero-order valence-electron chi connectivity index (χ0n) is 39.9. The van der Waals surface area contributed by atoms with Crippen molar-refractivity contribution in [2.75, 3.05) is 77.5 Å². The number of ether oxygens (including phenoxy) is 5. The topological polar surface area (TPSA) is 193 Å². The molecule has 0 saturated carbocycles. The van der Waals surface area contributed by atoms with E-state index in [1.807, 2.05) is 11.8 Å². The van der Waals surface area contributed by atoms with Gasteiger partial charge in [-0.1, -0.05) is 60.3 Å². The van der Waals surface area contributed by atoms with E-state index in [0.29, 0.717) is 102 Å². The minimum Gasteiger partial charge on any atom is -0.480 e. The van der Waals surface area contributed by atoms with Crippen molar-refractivity contribution in [1.82, 2.24) is 10.6 Å². The molecule has 0 rings (SSSR count). The Morgan fingerprint density at radius 2 is 1.05 bits per heavy atom. The maximum absolute atomic E-state index is 13.0. The third-order valence-corrected chi connectivity index (χ3v) is 11.2. The van der Waals surface area contributed by atoms with Crippen LogP contribution in [0.4, 0.5) is 0 Å². The Kier molecular flexibility index (Phi) is 35.2. The summed E-state index contributed by atoms with van der Waals surface area (Å²) in [6.45, 7) is 19.0. The number of ketones is 2. The van der Waals surface area contributed by atoms with Gasteiger partial charge in [-0.3, -0.25) is 24.0 Å². The molecule has 0 saturated heterocycles. The summed E-state index contributed by atoms with van der Waals surface area (Å²) < 4.78 is 26.8. The molecular weight excluding hydrogens is 817 g/mol. The Balaban J connectivity index is 4.02. The maximum atomic E-state index is 13.0. The number of unbranched alkanes of at least 4 members (excludes halogenated alkanes) is 6. The van der Waals surface area contributed by atoms with Gasteiger partial charge in [-0.15, -0.1) is 0 Å². The zero-order chi connectivity index (χ0) is 46.7. The Morgan fingerprint density at radius 3 is 1.56 bits per heavy atom. The van der Waals surface area contributed by atoms with Crippen molar-refractivity contribution < 1.29 is 57.6 Å². The van der Waals surface area contributed by atoms with Gasteiger partial charge in [0.05, 0.1) is 32.3 Å². The van der Waals surface area contributed by atoms with E-state index in [1.165, 1.54) is 19.3 Å². The van der Waals surface area contributed by atoms with Crippen molar-refractivity contribution in [2.24, 2.45) is 23.2 Å². The molecule has 0 aromatic rings. The minimum absolute atomic E-state index is 0.0282. The van der Waals surface area contributed by atoms with Gasteiger partial charge in [0.2, 0.25) is 11.8 Å². The molecule has 0 bridgehead atoms. The van der Waals surface area contributed by atoms with Crippen LogP contribution in [0.3, 0.4) is 0 Å². The molecule has 2 amide bonds. The second kappa shape index (κ2) is 36.7. The standard InChI is InChI=1S/C47H86N2O12S/c1-37(2)41(46(3,4)5)34-40(51)20-13-10-9-11-15-31-62-32-16-12-14-19-39(50)33-38(45(56)61-47(6,7)8)21-22-42(52)48-23-17-25-57-27-29-59-30-28-58-26-18-24-49-43(53)35-60-36-44(54)55/h37-38,41H,9-36H2,1-8H3,(H,48,52)(H,49,53)(H,54,55). The molecule has 0 aliphatic rings. The molecule has 0 aromatic carbocycles. The van der Waals surface area contributed by atoms with Crippen molar-refractivity contribution in [3.63, 3.8) is 0 Å². The second-order valence-corrected chi connectivity index (χ2v) is 19.8. The molecule has 0 aliphatic carbocycles. The van der Waals surface area contributed by atoms with Gasteiger partial charge < -0.3 is 39.4 Å². The Bertz CT molecular complexity index is 1230. The molecule has 62 heavy (non-hydrogen) atoms. The lowest BCUT2D eigenvalue weighted by atomic mass is 9.71. The number of carbonyl (C=O) groups excluding carboxylic acids is 5. The Morgan fingerprint density at radius 1 is 0.565 bits per heavy atom. The highest BCUT2D eigenvalue weighted by atomic mass is 32.2. The number of carboxylic acid groups (broad SMARTS) is 1. The van der Waals surface area contributed by atoms with Crippen LogP contribution < -0.4 is 10.6 Å². The van der Waals surface area contributed by atoms with E-state index < -0.39 is 30.1 Å². The van der Waals surface area contributed by atoms with Crippen LogP contribution in [0.15, 0.2) is 0 Å². The number of thioether (sulfide) groups is 1. The fourth-order valence-corrected chi connectivity index (χ4v) is 7.86. The van der Waals surface area contributed by atoms with Gasteiger partial charge in [-0.25, -0.2) is 4.79 Å². The zero-order valence-corrected chi connectivity index (χ0v) is 40.7. The number of Topliss-reactive ketones (excluding diaryl/α,β-unsaturated/α-hetero) is 2. The highest BCUT2D eigenvalue weighted by Crippen LogP contribution is 2.35. The van der Waals surface area contributed by atoms with E-state index in [1.54, 1.807) is 20.8 Å². The number of nitrogens with one attached hydrogen (secondary N) is 2. The van der Waals surface area contributed by atoms with Crippen LogP contribution in [0.5, 0.6) is 0 Å². The number of hydrogen-bond acceptors (Lipinski definition) is 12. The van der Waals surface area contributed by atoms with Crippen LogP contribution in [0, 0.1) is 23.2 Å². The van der Waals surface area contributed by atoms with Crippen molar-refractivity contribution in [2.45, 2.75) is 164 Å². The summed E-state index contributed by atoms with van der Waals surface area (Å²) in [4.78, 5) is 72.8. The molecule has 2 atom stereocenters. The van der Waals surface area contributed by atoms with Gasteiger partial charge in [-0.05, 0) is 94.5 Å². The summed E-state index contributed by atoms with van der Waals surface area (Å²) in [7, 11) is 0. The van der Waals surface area contributed by atoms with Crippen molar-refractivity contribution in [3.05, 3.63) is 0 Å². The molecule has 15 heteroatoms. The smallest absolute Gasteiger partial charge is 0.329 e. The van der Waals surface area contributed by atoms with Crippen LogP contribution in [0.2, 0.25) is 0 Å². The summed E-state index contributed by atoms with van der Waals surface area (Å²) in [6.07, 6.45) is 12.0. The second-order valence-electron chi connectivity index (χ2n) is 18.5. The van der Waals surface area contributed by atoms with Crippen LogP contribution in [-0.2, 0) is 52.5 Å². The predicted molar refractivity (Wildman–Crippen MR) is 245 cm³/mol. The van der Waals surface area contributed by atoms with Crippen LogP contribution in [-0.4, -0.2) is 123 Å². The lowest BCUT2D eigenvalue weighted by Crippen LogP contribution is -2.31. The minimum atomic E-state index is -1.13. The van der Waals surface area contributed by atoms with Crippen LogP contribution >= 0.6 is 11.8 Å². The molecule has 0 aromatic heterocycles. The monoisotopic (exact) mass is 903 g/mol. The molecule has 0 heterocycles. The number of esters is 1. The number of carbonyl (C=O) groups is 6. The van der Waals surface area contributed by atoms with Gasteiger partial charge in [0.25, 0.3) is 0 Å². The third-order valence-electron chi connectivity index (χ3n) is 10.1. The number of carboxylic acids is 1. The van der Waals surface area contributed by atoms with E-state index in [-0.39, 0.29) is 48.9 Å². The molecule has 362 valence electrons. The van der Waals surface area contributed by atoms with Gasteiger partial charge in [-0.2, -0.15) is 11.8 Å². The van der Waals surface area contributed by atoms with E-state index in [4.69, 9.17) is 28.8 Å². The summed E-state index contributed by atoms with van der Waals surface area (Å²) in [6, 6.07) is 0. The fourth-order valence-electron chi connectivity index (χ4n) is 6.84. The van der Waals surface area contributed by atoms with Crippen LogP contribution in [0.1, 0.15) is 158 Å². The lowest BCUT2D eigenvalue weighted by Gasteiger charge is -2.33. The largest absolute Gasteiger partial charge is 0.480 e. The van der Waals surface area contributed by atoms with E-state index in [2.05, 4.69) is 45.3 Å². The highest BCUT2D eigenvalue weighted by Gasteiger charge is 2.29. The first-order valence-electron chi connectivity index (χ1n) is 23.2. The van der Waals surface area contributed by atoms with E-state index in [0.717, 1.165) is 43.6 Å². The van der Waals surface area contributed by atoms with Gasteiger partial charge in [0.1, 0.15) is 30.4 Å². The van der Waals surface area contributed by atoms with Crippen molar-refractivity contribution in [1.29, 1.82) is 0 Å². The Hall–Kier alpha value is -2.59. The number of rotatable bonds is 41. The first-order chi connectivity index (χ1) is 29.3. The first kappa shape index (κ1) is 59.4. The quantitative estimate of drug-likeness (QED) is 0.0399. The predicted octanol–water partition coefficient (Wildman–Crippen LogP) is 7.76. The molecule has 0 aliphatic heterocycles. The summed E-state index contributed by atoms with van der Waals surface area (Å²) in [5, 5.41) is 14.0. The molecule has 2 unspecified atom stereocenters. The maximum Gasteiger partial charge on any atom is 0.329 e. The normalized spacial score (nSPS) is 12.9. The summed E-state index contributed by atoms with van der Waals surface area (Å²) in [5.74, 6) is 0.822. The highest BCUT2D eigenvalue weighted by molar-refractivity contribution is 7.99.